The van der Waals surface area contributed by atoms with Crippen molar-refractivity contribution in [2.75, 3.05) is 66.4 Å². The van der Waals surface area contributed by atoms with Crippen LogP contribution in [0, 0.1) is 11.6 Å². The van der Waals surface area contributed by atoms with Gasteiger partial charge in [-0.2, -0.15) is 0 Å². The summed E-state index contributed by atoms with van der Waals surface area (Å²) in [6.45, 7) is 9.88. The number of fused-ring (bicyclic) bond motifs is 1. The molecule has 9 nitrogen and oxygen atoms in total. The molecule has 3 heterocycles. The molecule has 1 amide bonds. The molecule has 2 aliphatic heterocycles. The van der Waals surface area contributed by atoms with E-state index < -0.39 is 11.6 Å². The van der Waals surface area contributed by atoms with Crippen molar-refractivity contribution in [3.63, 3.8) is 0 Å². The van der Waals surface area contributed by atoms with Crippen LogP contribution < -0.4 is 30.1 Å². The number of rotatable bonds is 6. The van der Waals surface area contributed by atoms with Crippen LogP contribution in [0.15, 0.2) is 36.5 Å². The van der Waals surface area contributed by atoms with Gasteiger partial charge in [-0.15, -0.1) is 0 Å². The third-order valence-corrected chi connectivity index (χ3v) is 7.10. The summed E-state index contributed by atoms with van der Waals surface area (Å²) in [5.74, 6) is -0.674. The van der Waals surface area contributed by atoms with E-state index in [0.29, 0.717) is 30.2 Å². The van der Waals surface area contributed by atoms with Crippen molar-refractivity contribution < 1.29 is 18.3 Å². The number of carbonyl (C=O) groups is 1. The minimum Gasteiger partial charge on any atom is -0.495 e. The van der Waals surface area contributed by atoms with Gasteiger partial charge in [-0.25, -0.2) is 18.7 Å². The zero-order valence-electron chi connectivity index (χ0n) is 22.6. The van der Waals surface area contributed by atoms with E-state index in [-0.39, 0.29) is 34.8 Å². The van der Waals surface area contributed by atoms with Crippen LogP contribution >= 0.6 is 0 Å². The van der Waals surface area contributed by atoms with Crippen molar-refractivity contribution in [3.05, 3.63) is 48.2 Å². The average Bonchev–Trinajstić information content (AvgIpc) is 2.93. The van der Waals surface area contributed by atoms with Gasteiger partial charge < -0.3 is 30.1 Å². The second-order valence-electron chi connectivity index (χ2n) is 9.92. The zero-order valence-corrected chi connectivity index (χ0v) is 22.6. The Labute approximate surface area is 226 Å². The van der Waals surface area contributed by atoms with E-state index in [1.54, 1.807) is 13.2 Å². The summed E-state index contributed by atoms with van der Waals surface area (Å²) < 4.78 is 36.1. The summed E-state index contributed by atoms with van der Waals surface area (Å²) in [6, 6.07) is 8.67. The van der Waals surface area contributed by atoms with Gasteiger partial charge >= 0.3 is 0 Å². The Bertz CT molecular complexity index is 1380. The monoisotopic (exact) mass is 537 g/mol. The first-order valence-corrected chi connectivity index (χ1v) is 13.1. The lowest BCUT2D eigenvalue weighted by atomic mass is 10.0. The highest BCUT2D eigenvalue weighted by Gasteiger charge is 2.30. The molecule has 0 unspecified atom stereocenters. The van der Waals surface area contributed by atoms with Crippen LogP contribution in [-0.2, 0) is 4.79 Å². The standard InChI is InChI=1S/C28H33F2N7O2/c1-17(2)36-11-12-37(18(3)38)27-21(29)13-19(14-24(27)36)26-22(30)16-32-28(34-26)33-20-5-6-23(25(15-20)39-4)35-9-7-31-8-10-35/h5-6,13-17,31H,7-12H2,1-4H3,(H,32,33,34). The first-order valence-electron chi connectivity index (χ1n) is 13.1. The average molecular weight is 538 g/mol. The predicted octanol–water partition coefficient (Wildman–Crippen LogP) is 4.16. The Kier molecular flexibility index (Phi) is 7.51. The number of aromatic nitrogens is 2. The van der Waals surface area contributed by atoms with Gasteiger partial charge in [0.25, 0.3) is 0 Å². The number of hydrogen-bond donors (Lipinski definition) is 2. The molecule has 2 aromatic carbocycles. The molecule has 5 rings (SSSR count). The molecule has 11 heteroatoms. The van der Waals surface area contributed by atoms with Crippen LogP contribution in [0.2, 0.25) is 0 Å². The number of nitrogens with zero attached hydrogens (tertiary/aromatic N) is 5. The van der Waals surface area contributed by atoms with Crippen LogP contribution in [-0.4, -0.2) is 68.3 Å². The van der Waals surface area contributed by atoms with Crippen LogP contribution in [0.3, 0.4) is 0 Å². The molecule has 2 aliphatic rings. The third-order valence-electron chi connectivity index (χ3n) is 7.10. The molecule has 0 spiro atoms. The maximum absolute atomic E-state index is 15.5. The van der Waals surface area contributed by atoms with Crippen LogP contribution in [0.5, 0.6) is 5.75 Å². The molecular formula is C28H33F2N7O2. The molecule has 39 heavy (non-hydrogen) atoms. The fraction of sp³-hybridized carbons (Fsp3) is 0.393. The minimum absolute atomic E-state index is 0.0396. The van der Waals surface area contributed by atoms with Gasteiger partial charge in [0.1, 0.15) is 22.9 Å². The van der Waals surface area contributed by atoms with E-state index in [2.05, 4.69) is 25.5 Å². The van der Waals surface area contributed by atoms with Gasteiger partial charge in [0.05, 0.1) is 24.7 Å². The van der Waals surface area contributed by atoms with Gasteiger partial charge in [0.15, 0.2) is 5.82 Å². The van der Waals surface area contributed by atoms with E-state index in [9.17, 15) is 4.79 Å². The quantitative estimate of drug-likeness (QED) is 0.485. The van der Waals surface area contributed by atoms with E-state index >= 15 is 8.78 Å². The molecule has 0 saturated carbocycles. The highest BCUT2D eigenvalue weighted by atomic mass is 19.1. The molecule has 1 fully saturated rings. The number of benzene rings is 2. The Morgan fingerprint density at radius 3 is 2.51 bits per heavy atom. The number of hydrogen-bond acceptors (Lipinski definition) is 8. The van der Waals surface area contributed by atoms with Crippen molar-refractivity contribution in [2.24, 2.45) is 0 Å². The molecule has 0 aliphatic carbocycles. The molecule has 206 valence electrons. The van der Waals surface area contributed by atoms with Crippen LogP contribution in [0.1, 0.15) is 20.8 Å². The number of carbonyl (C=O) groups excluding carboxylic acids is 1. The number of amides is 1. The second-order valence-corrected chi connectivity index (χ2v) is 9.92. The normalized spacial score (nSPS) is 15.4. The minimum atomic E-state index is -0.679. The van der Waals surface area contributed by atoms with Gasteiger partial charge in [0, 0.05) is 69.6 Å². The van der Waals surface area contributed by atoms with Crippen molar-refractivity contribution in [1.82, 2.24) is 15.3 Å². The first-order chi connectivity index (χ1) is 18.8. The lowest BCUT2D eigenvalue weighted by Gasteiger charge is -2.40. The van der Waals surface area contributed by atoms with E-state index in [0.717, 1.165) is 38.1 Å². The number of piperazine rings is 1. The number of nitrogens with one attached hydrogen (secondary N) is 2. The van der Waals surface area contributed by atoms with Crippen LogP contribution in [0.4, 0.5) is 37.5 Å². The van der Waals surface area contributed by atoms with Crippen molar-refractivity contribution in [2.45, 2.75) is 26.8 Å². The predicted molar refractivity (Wildman–Crippen MR) is 149 cm³/mol. The lowest BCUT2D eigenvalue weighted by molar-refractivity contribution is -0.116. The topological polar surface area (TPSA) is 85.9 Å². The fourth-order valence-corrected chi connectivity index (χ4v) is 5.18. The molecule has 2 N–H and O–H groups in total. The Morgan fingerprint density at radius 1 is 1.05 bits per heavy atom. The SMILES string of the molecule is COc1cc(Nc2ncc(F)c(-c3cc(F)c4c(c3)N(C(C)C)CCN4C(C)=O)n2)ccc1N1CCNCC1. The van der Waals surface area contributed by atoms with Gasteiger partial charge in [-0.1, -0.05) is 0 Å². The maximum Gasteiger partial charge on any atom is 0.227 e. The summed E-state index contributed by atoms with van der Waals surface area (Å²) in [5.41, 5.74) is 2.61. The van der Waals surface area contributed by atoms with Crippen LogP contribution in [0.25, 0.3) is 11.3 Å². The number of anilines is 5. The largest absolute Gasteiger partial charge is 0.495 e. The summed E-state index contributed by atoms with van der Waals surface area (Å²) in [7, 11) is 1.62. The summed E-state index contributed by atoms with van der Waals surface area (Å²) in [5, 5.41) is 6.45. The third kappa shape index (κ3) is 5.31. The number of ether oxygens (including phenoxy) is 1. The molecule has 0 atom stereocenters. The van der Waals surface area contributed by atoms with Crippen molar-refractivity contribution in [3.8, 4) is 17.0 Å². The summed E-state index contributed by atoms with van der Waals surface area (Å²) in [4.78, 5) is 26.4. The molecule has 1 aromatic heterocycles. The van der Waals surface area contributed by atoms with Gasteiger partial charge in [-0.05, 0) is 38.1 Å². The second kappa shape index (κ2) is 11.0. The van der Waals surface area contributed by atoms with Gasteiger partial charge in [-0.3, -0.25) is 4.79 Å². The fourth-order valence-electron chi connectivity index (χ4n) is 5.18. The Balaban J connectivity index is 1.48. The number of methoxy groups -OCH3 is 1. The highest BCUT2D eigenvalue weighted by molar-refractivity contribution is 5.97. The van der Waals surface area contributed by atoms with E-state index in [1.807, 2.05) is 36.9 Å². The molecule has 0 radical (unpaired) electrons. The van der Waals surface area contributed by atoms with E-state index in [4.69, 9.17) is 4.74 Å². The summed E-state index contributed by atoms with van der Waals surface area (Å²) in [6.07, 6.45) is 1.07. The summed E-state index contributed by atoms with van der Waals surface area (Å²) >= 11 is 0. The molecule has 1 saturated heterocycles. The highest BCUT2D eigenvalue weighted by Crippen LogP contribution is 2.40. The zero-order chi connectivity index (χ0) is 27.7. The molecule has 3 aromatic rings. The lowest BCUT2D eigenvalue weighted by Crippen LogP contribution is -2.46. The molecule has 0 bridgehead atoms. The van der Waals surface area contributed by atoms with Gasteiger partial charge in [0.2, 0.25) is 11.9 Å². The number of halogens is 2. The van der Waals surface area contributed by atoms with Crippen molar-refractivity contribution >= 4 is 34.6 Å². The first kappa shape index (κ1) is 26.6. The smallest absolute Gasteiger partial charge is 0.227 e. The van der Waals surface area contributed by atoms with E-state index in [1.165, 1.54) is 17.9 Å². The maximum atomic E-state index is 15.5. The Hall–Kier alpha value is -3.99. The molecular weight excluding hydrogens is 504 g/mol. The Morgan fingerprint density at radius 2 is 1.82 bits per heavy atom. The van der Waals surface area contributed by atoms with Crippen molar-refractivity contribution in [1.29, 1.82) is 0 Å².